The van der Waals surface area contributed by atoms with E-state index < -0.39 is 37.6 Å². The highest BCUT2D eigenvalue weighted by molar-refractivity contribution is 7.91. The van der Waals surface area contributed by atoms with Crippen LogP contribution in [0.15, 0.2) is 46.3 Å². The third kappa shape index (κ3) is 3.65. The fourth-order valence-electron chi connectivity index (χ4n) is 1.84. The van der Waals surface area contributed by atoms with Crippen molar-refractivity contribution >= 4 is 15.7 Å². The summed E-state index contributed by atoms with van der Waals surface area (Å²) in [5.41, 5.74) is 4.59. The number of alkyl halides is 3. The van der Waals surface area contributed by atoms with Crippen LogP contribution >= 0.6 is 0 Å². The van der Waals surface area contributed by atoms with Crippen molar-refractivity contribution in [1.82, 2.24) is 4.98 Å². The van der Waals surface area contributed by atoms with Gasteiger partial charge in [-0.1, -0.05) is 12.1 Å². The SMILES string of the molecule is [CH2]c1ncc(C(N)=O)cc1S(=O)(=O)c1ccccc1OC(F)(F)F. The summed E-state index contributed by atoms with van der Waals surface area (Å²) in [6.07, 6.45) is -4.06. The van der Waals surface area contributed by atoms with Crippen LogP contribution in [0.4, 0.5) is 13.2 Å². The summed E-state index contributed by atoms with van der Waals surface area (Å²) in [6.45, 7) is 3.41. The van der Waals surface area contributed by atoms with Crippen molar-refractivity contribution in [2.24, 2.45) is 5.73 Å². The van der Waals surface area contributed by atoms with Crippen LogP contribution in [0.25, 0.3) is 0 Å². The average molecular weight is 359 g/mol. The molecule has 0 saturated carbocycles. The molecule has 0 saturated heterocycles. The molecular weight excluding hydrogens is 349 g/mol. The molecule has 0 fully saturated rings. The van der Waals surface area contributed by atoms with E-state index in [0.29, 0.717) is 0 Å². The van der Waals surface area contributed by atoms with Crippen LogP contribution in [0.5, 0.6) is 5.75 Å². The van der Waals surface area contributed by atoms with E-state index in [2.05, 4.69) is 16.6 Å². The summed E-state index contributed by atoms with van der Waals surface area (Å²) in [4.78, 5) is 13.5. The zero-order chi connectivity index (χ0) is 18.1. The first-order valence-corrected chi connectivity index (χ1v) is 7.72. The first kappa shape index (κ1) is 17.7. The Kier molecular flexibility index (Phi) is 4.52. The quantitative estimate of drug-likeness (QED) is 0.901. The maximum absolute atomic E-state index is 12.7. The molecular formula is C14H10F3N2O4S. The lowest BCUT2D eigenvalue weighted by atomic mass is 10.2. The van der Waals surface area contributed by atoms with Crippen molar-refractivity contribution in [3.05, 3.63) is 54.7 Å². The summed E-state index contributed by atoms with van der Waals surface area (Å²) >= 11 is 0. The van der Waals surface area contributed by atoms with Gasteiger partial charge in [0, 0.05) is 6.20 Å². The number of sulfone groups is 1. The molecule has 0 bridgehead atoms. The van der Waals surface area contributed by atoms with Crippen LogP contribution in [0.1, 0.15) is 16.1 Å². The van der Waals surface area contributed by atoms with E-state index in [0.717, 1.165) is 24.4 Å². The molecule has 0 atom stereocenters. The third-order valence-corrected chi connectivity index (χ3v) is 4.72. The zero-order valence-electron chi connectivity index (χ0n) is 11.9. The molecule has 6 nitrogen and oxygen atoms in total. The lowest BCUT2D eigenvalue weighted by Gasteiger charge is -2.14. The van der Waals surface area contributed by atoms with E-state index in [-0.39, 0.29) is 11.3 Å². The first-order chi connectivity index (χ1) is 11.0. The third-order valence-electron chi connectivity index (χ3n) is 2.87. The molecule has 1 heterocycles. The van der Waals surface area contributed by atoms with Gasteiger partial charge in [0.2, 0.25) is 15.7 Å². The summed E-state index contributed by atoms with van der Waals surface area (Å²) < 4.78 is 66.4. The van der Waals surface area contributed by atoms with Gasteiger partial charge in [0.15, 0.2) is 0 Å². The van der Waals surface area contributed by atoms with E-state index in [1.165, 1.54) is 12.1 Å². The Morgan fingerprint density at radius 3 is 2.42 bits per heavy atom. The molecule has 0 aliphatic heterocycles. The maximum atomic E-state index is 12.7. The number of nitrogens with two attached hydrogens (primary N) is 1. The number of hydrogen-bond donors (Lipinski definition) is 1. The minimum absolute atomic E-state index is 0.227. The number of benzene rings is 1. The summed E-state index contributed by atoms with van der Waals surface area (Å²) in [5.74, 6) is -1.85. The highest BCUT2D eigenvalue weighted by Gasteiger charge is 2.34. The fraction of sp³-hybridized carbons (Fsp3) is 0.0714. The standard InChI is InChI=1S/C14H10F3N2O4S/c1-8-12(6-9(7-19-8)13(18)20)24(21,22)11-5-3-2-4-10(11)23-14(15,16)17/h2-7H,1H2,(H2,18,20). The molecule has 1 aromatic carbocycles. The predicted molar refractivity (Wildman–Crippen MR) is 75.8 cm³/mol. The second-order valence-corrected chi connectivity index (χ2v) is 6.42. The highest BCUT2D eigenvalue weighted by Crippen LogP contribution is 2.33. The van der Waals surface area contributed by atoms with Crippen molar-refractivity contribution in [1.29, 1.82) is 0 Å². The number of carbonyl (C=O) groups is 1. The lowest BCUT2D eigenvalue weighted by Crippen LogP contribution is -2.19. The first-order valence-electron chi connectivity index (χ1n) is 6.24. The van der Waals surface area contributed by atoms with Gasteiger partial charge in [-0.25, -0.2) is 8.42 Å². The summed E-state index contributed by atoms with van der Waals surface area (Å²) in [5, 5.41) is 0. The number of para-hydroxylation sites is 1. The minimum atomic E-state index is -5.08. The van der Waals surface area contributed by atoms with Crippen LogP contribution in [0.3, 0.4) is 0 Å². The van der Waals surface area contributed by atoms with Gasteiger partial charge in [0.05, 0.1) is 16.2 Å². The Balaban J connectivity index is 2.65. The molecule has 1 radical (unpaired) electrons. The van der Waals surface area contributed by atoms with E-state index in [4.69, 9.17) is 5.73 Å². The number of rotatable bonds is 4. The van der Waals surface area contributed by atoms with Gasteiger partial charge in [0.1, 0.15) is 10.6 Å². The zero-order valence-corrected chi connectivity index (χ0v) is 12.7. The van der Waals surface area contributed by atoms with Crippen LogP contribution < -0.4 is 10.5 Å². The molecule has 0 spiro atoms. The van der Waals surface area contributed by atoms with Gasteiger partial charge in [-0.15, -0.1) is 13.2 Å². The molecule has 2 N–H and O–H groups in total. The Bertz CT molecular complexity index is 895. The van der Waals surface area contributed by atoms with E-state index >= 15 is 0 Å². The van der Waals surface area contributed by atoms with Crippen LogP contribution in [0.2, 0.25) is 0 Å². The predicted octanol–water partition coefficient (Wildman–Crippen LogP) is 2.09. The number of nitrogens with zero attached hydrogens (tertiary/aromatic N) is 1. The van der Waals surface area contributed by atoms with Gasteiger partial charge >= 0.3 is 6.36 Å². The van der Waals surface area contributed by atoms with Crippen LogP contribution in [0, 0.1) is 6.92 Å². The van der Waals surface area contributed by atoms with Crippen molar-refractivity contribution in [2.75, 3.05) is 0 Å². The van der Waals surface area contributed by atoms with E-state index in [9.17, 15) is 26.4 Å². The molecule has 1 amide bonds. The lowest BCUT2D eigenvalue weighted by molar-refractivity contribution is -0.275. The Hall–Kier alpha value is -2.62. The van der Waals surface area contributed by atoms with Gasteiger partial charge < -0.3 is 10.5 Å². The van der Waals surface area contributed by atoms with Gasteiger partial charge in [-0.05, 0) is 25.1 Å². The number of primary amides is 1. The Labute approximate surface area is 135 Å². The fourth-order valence-corrected chi connectivity index (χ4v) is 3.35. The minimum Gasteiger partial charge on any atom is -0.404 e. The second kappa shape index (κ2) is 6.11. The topological polar surface area (TPSA) is 99.4 Å². The number of amides is 1. The maximum Gasteiger partial charge on any atom is 0.573 e. The number of pyridine rings is 1. The van der Waals surface area contributed by atoms with Crippen molar-refractivity contribution in [3.63, 3.8) is 0 Å². The normalized spacial score (nSPS) is 12.0. The molecule has 10 heteroatoms. The Morgan fingerprint density at radius 1 is 1.21 bits per heavy atom. The van der Waals surface area contributed by atoms with Crippen LogP contribution in [-0.2, 0) is 9.84 Å². The van der Waals surface area contributed by atoms with E-state index in [1.54, 1.807) is 0 Å². The van der Waals surface area contributed by atoms with E-state index in [1.807, 2.05) is 0 Å². The molecule has 127 valence electrons. The molecule has 1 aromatic heterocycles. The Morgan fingerprint density at radius 2 is 1.83 bits per heavy atom. The molecule has 2 aromatic rings. The molecule has 24 heavy (non-hydrogen) atoms. The largest absolute Gasteiger partial charge is 0.573 e. The number of aromatic nitrogens is 1. The van der Waals surface area contributed by atoms with Crippen LogP contribution in [-0.4, -0.2) is 25.7 Å². The number of ether oxygens (including phenoxy) is 1. The van der Waals surface area contributed by atoms with Gasteiger partial charge in [-0.3, -0.25) is 9.78 Å². The molecule has 0 aliphatic carbocycles. The average Bonchev–Trinajstić information content (AvgIpc) is 2.46. The number of halogens is 3. The monoisotopic (exact) mass is 359 g/mol. The smallest absolute Gasteiger partial charge is 0.404 e. The molecule has 0 unspecified atom stereocenters. The molecule has 0 aliphatic rings. The van der Waals surface area contributed by atoms with Gasteiger partial charge in [0.25, 0.3) is 0 Å². The van der Waals surface area contributed by atoms with Gasteiger partial charge in [-0.2, -0.15) is 0 Å². The van der Waals surface area contributed by atoms with Crippen molar-refractivity contribution in [3.8, 4) is 5.75 Å². The second-order valence-electron chi connectivity index (χ2n) is 4.53. The number of carbonyl (C=O) groups excluding carboxylic acids is 1. The summed E-state index contributed by atoms with van der Waals surface area (Å²) in [7, 11) is -4.49. The van der Waals surface area contributed by atoms with Crippen molar-refractivity contribution < 1.29 is 31.1 Å². The summed E-state index contributed by atoms with van der Waals surface area (Å²) in [6, 6.07) is 5.10. The number of hydrogen-bond acceptors (Lipinski definition) is 5. The molecule has 2 rings (SSSR count). The highest BCUT2D eigenvalue weighted by atomic mass is 32.2. The van der Waals surface area contributed by atoms with Crippen molar-refractivity contribution in [2.45, 2.75) is 16.2 Å².